The van der Waals surface area contributed by atoms with Crippen LogP contribution in [0.5, 0.6) is 17.2 Å². The fraction of sp³-hybridized carbons (Fsp3) is 0.455. The summed E-state index contributed by atoms with van der Waals surface area (Å²) in [5, 5.41) is 0. The molecule has 0 unspecified atom stereocenters. The summed E-state index contributed by atoms with van der Waals surface area (Å²) in [6, 6.07) is 13.0. The van der Waals surface area contributed by atoms with Crippen LogP contribution in [-0.2, 0) is 5.41 Å². The molecule has 136 valence electrons. The van der Waals surface area contributed by atoms with Crippen molar-refractivity contribution in [2.45, 2.75) is 31.6 Å². The van der Waals surface area contributed by atoms with Crippen molar-refractivity contribution < 1.29 is 14.2 Å². The monoisotopic (exact) mass is 351 g/mol. The summed E-state index contributed by atoms with van der Waals surface area (Å²) in [4.78, 5) is 2.54. The van der Waals surface area contributed by atoms with Gasteiger partial charge in [0.15, 0.2) is 11.5 Å². The molecule has 3 aliphatic rings. The van der Waals surface area contributed by atoms with Crippen LogP contribution in [0.25, 0.3) is 0 Å². The van der Waals surface area contributed by atoms with Gasteiger partial charge in [-0.1, -0.05) is 38.0 Å². The van der Waals surface area contributed by atoms with Crippen molar-refractivity contribution in [1.29, 1.82) is 0 Å². The predicted octanol–water partition coefficient (Wildman–Crippen LogP) is 4.15. The first kappa shape index (κ1) is 15.9. The molecule has 0 saturated heterocycles. The summed E-state index contributed by atoms with van der Waals surface area (Å²) in [5.74, 6) is 2.60. The maximum Gasteiger partial charge on any atom is 0.165 e. The van der Waals surface area contributed by atoms with Crippen LogP contribution in [0, 0.1) is 0 Å². The Morgan fingerprint density at radius 2 is 1.73 bits per heavy atom. The minimum Gasteiger partial charge on any atom is -0.492 e. The van der Waals surface area contributed by atoms with E-state index in [0.717, 1.165) is 30.3 Å². The van der Waals surface area contributed by atoms with Gasteiger partial charge < -0.3 is 19.1 Å². The summed E-state index contributed by atoms with van der Waals surface area (Å²) in [7, 11) is 0. The molecule has 4 heteroatoms. The fourth-order valence-corrected chi connectivity index (χ4v) is 4.60. The molecule has 4 nitrogen and oxygen atoms in total. The Balaban J connectivity index is 1.57. The van der Waals surface area contributed by atoms with Gasteiger partial charge in [-0.15, -0.1) is 0 Å². The molecule has 0 aliphatic carbocycles. The zero-order valence-electron chi connectivity index (χ0n) is 15.3. The number of rotatable bonds is 4. The van der Waals surface area contributed by atoms with Crippen LogP contribution < -0.4 is 19.1 Å². The largest absolute Gasteiger partial charge is 0.492 e. The zero-order chi connectivity index (χ0) is 17.6. The lowest BCUT2D eigenvalue weighted by atomic mass is 9.77. The summed E-state index contributed by atoms with van der Waals surface area (Å²) < 4.78 is 17.8. The van der Waals surface area contributed by atoms with E-state index >= 15 is 0 Å². The lowest BCUT2D eigenvalue weighted by Crippen LogP contribution is -2.36. The summed E-state index contributed by atoms with van der Waals surface area (Å²) >= 11 is 0. The highest BCUT2D eigenvalue weighted by Crippen LogP contribution is 2.54. The number of ether oxygens (including phenoxy) is 3. The average Bonchev–Trinajstić information content (AvgIpc) is 3.20. The highest BCUT2D eigenvalue weighted by atomic mass is 16.6. The highest BCUT2D eigenvalue weighted by Gasteiger charge is 2.50. The van der Waals surface area contributed by atoms with Gasteiger partial charge in [0.2, 0.25) is 0 Å². The van der Waals surface area contributed by atoms with Crippen LogP contribution in [0.2, 0.25) is 0 Å². The topological polar surface area (TPSA) is 30.9 Å². The predicted molar refractivity (Wildman–Crippen MR) is 102 cm³/mol. The zero-order valence-corrected chi connectivity index (χ0v) is 15.3. The van der Waals surface area contributed by atoms with Crippen molar-refractivity contribution >= 4 is 5.69 Å². The van der Waals surface area contributed by atoms with Crippen LogP contribution in [0.4, 0.5) is 5.69 Å². The Morgan fingerprint density at radius 1 is 0.923 bits per heavy atom. The molecule has 2 aromatic carbocycles. The summed E-state index contributed by atoms with van der Waals surface area (Å²) in [6.07, 6.45) is 3.75. The third kappa shape index (κ3) is 2.28. The number of nitrogens with zero attached hydrogens (tertiary/aromatic N) is 1. The standard InChI is InChI=1S/C22H25NO3/c1-2-3-6-9-23-14-22(16-7-4-5-8-18(16)23)15-26-19-13-21-20(12-17(19)22)24-10-11-25-21/h4-5,7-8,12-13H,2-3,6,9-11,14-15H2,1H3/t22-/m0/s1. The molecule has 0 radical (unpaired) electrons. The van der Waals surface area contributed by atoms with E-state index in [2.05, 4.69) is 42.2 Å². The number of benzene rings is 2. The molecule has 26 heavy (non-hydrogen) atoms. The molecule has 3 heterocycles. The highest BCUT2D eigenvalue weighted by molar-refractivity contribution is 5.70. The molecule has 1 atom stereocenters. The third-order valence-corrected chi connectivity index (χ3v) is 5.89. The molecule has 5 rings (SSSR count). The normalized spacial score (nSPS) is 22.3. The van der Waals surface area contributed by atoms with Crippen molar-refractivity contribution in [1.82, 2.24) is 0 Å². The molecule has 1 spiro atoms. The fourth-order valence-electron chi connectivity index (χ4n) is 4.60. The lowest BCUT2D eigenvalue weighted by Gasteiger charge is -2.26. The second-order valence-electron chi connectivity index (χ2n) is 7.51. The van der Waals surface area contributed by atoms with E-state index in [1.54, 1.807) is 0 Å². The maximum absolute atomic E-state index is 6.17. The molecule has 0 fully saturated rings. The van der Waals surface area contributed by atoms with E-state index in [9.17, 15) is 0 Å². The first-order valence-corrected chi connectivity index (χ1v) is 9.73. The van der Waals surface area contributed by atoms with E-state index in [4.69, 9.17) is 14.2 Å². The Hall–Kier alpha value is -2.36. The first-order valence-electron chi connectivity index (χ1n) is 9.73. The van der Waals surface area contributed by atoms with Gasteiger partial charge in [0.25, 0.3) is 0 Å². The van der Waals surface area contributed by atoms with Crippen LogP contribution in [-0.4, -0.2) is 32.9 Å². The van der Waals surface area contributed by atoms with Crippen LogP contribution in [0.3, 0.4) is 0 Å². The van der Waals surface area contributed by atoms with Gasteiger partial charge in [-0.3, -0.25) is 0 Å². The average molecular weight is 351 g/mol. The lowest BCUT2D eigenvalue weighted by molar-refractivity contribution is 0.171. The Morgan fingerprint density at radius 3 is 2.58 bits per heavy atom. The van der Waals surface area contributed by atoms with Gasteiger partial charge in [0.1, 0.15) is 25.6 Å². The van der Waals surface area contributed by atoms with E-state index < -0.39 is 0 Å². The van der Waals surface area contributed by atoms with Gasteiger partial charge in [-0.2, -0.15) is 0 Å². The smallest absolute Gasteiger partial charge is 0.165 e. The van der Waals surface area contributed by atoms with E-state index in [1.165, 1.54) is 36.1 Å². The molecule has 0 N–H and O–H groups in total. The van der Waals surface area contributed by atoms with Gasteiger partial charge in [0, 0.05) is 30.4 Å². The van der Waals surface area contributed by atoms with Gasteiger partial charge >= 0.3 is 0 Å². The minimum absolute atomic E-state index is 0.103. The molecule has 0 bridgehead atoms. The molecule has 0 amide bonds. The molecule has 0 aromatic heterocycles. The molecule has 3 aliphatic heterocycles. The van der Waals surface area contributed by atoms with Crippen molar-refractivity contribution in [3.63, 3.8) is 0 Å². The maximum atomic E-state index is 6.17. The molecule has 2 aromatic rings. The van der Waals surface area contributed by atoms with Gasteiger partial charge in [-0.25, -0.2) is 0 Å². The summed E-state index contributed by atoms with van der Waals surface area (Å²) in [5.41, 5.74) is 3.88. The van der Waals surface area contributed by atoms with Crippen LogP contribution in [0.1, 0.15) is 37.3 Å². The number of unbranched alkanes of at least 4 members (excludes halogenated alkanes) is 2. The van der Waals surface area contributed by atoms with E-state index in [-0.39, 0.29) is 5.41 Å². The van der Waals surface area contributed by atoms with E-state index in [1.807, 2.05) is 6.07 Å². The van der Waals surface area contributed by atoms with Crippen molar-refractivity contribution in [2.75, 3.05) is 37.8 Å². The van der Waals surface area contributed by atoms with E-state index in [0.29, 0.717) is 19.8 Å². The Labute approximate surface area is 154 Å². The minimum atomic E-state index is -0.103. The quantitative estimate of drug-likeness (QED) is 0.775. The summed E-state index contributed by atoms with van der Waals surface area (Å²) in [6.45, 7) is 6.23. The number of para-hydroxylation sites is 1. The van der Waals surface area contributed by atoms with Gasteiger partial charge in [0.05, 0.1) is 5.41 Å². The Bertz CT molecular complexity index is 834. The number of anilines is 1. The van der Waals surface area contributed by atoms with Crippen LogP contribution in [0.15, 0.2) is 36.4 Å². The van der Waals surface area contributed by atoms with Gasteiger partial charge in [-0.05, 0) is 24.1 Å². The van der Waals surface area contributed by atoms with Crippen molar-refractivity contribution in [3.8, 4) is 17.2 Å². The number of hydrogen-bond acceptors (Lipinski definition) is 4. The SMILES string of the molecule is CCCCCN1C[C@]2(COc3cc4c(cc32)OCCO4)c2ccccc21. The second-order valence-corrected chi connectivity index (χ2v) is 7.51. The molecule has 0 saturated carbocycles. The van der Waals surface area contributed by atoms with Crippen molar-refractivity contribution in [2.24, 2.45) is 0 Å². The Kier molecular flexibility index (Phi) is 3.73. The molecular formula is C22H25NO3. The third-order valence-electron chi connectivity index (χ3n) is 5.89. The number of hydrogen-bond donors (Lipinski definition) is 0. The van der Waals surface area contributed by atoms with Crippen LogP contribution >= 0.6 is 0 Å². The van der Waals surface area contributed by atoms with Crippen molar-refractivity contribution in [3.05, 3.63) is 47.5 Å². The first-order chi connectivity index (χ1) is 12.8. The number of fused-ring (bicyclic) bond motifs is 5. The molecular weight excluding hydrogens is 326 g/mol. The second kappa shape index (κ2) is 6.11.